The number of rotatable bonds is 5. The maximum absolute atomic E-state index is 13.2. The van der Waals surface area contributed by atoms with E-state index >= 15 is 0 Å². The smallest absolute Gasteiger partial charge is 0.333 e. The summed E-state index contributed by atoms with van der Waals surface area (Å²) in [6.07, 6.45) is -1.07. The molecule has 1 aromatic carbocycles. The predicted octanol–water partition coefficient (Wildman–Crippen LogP) is 2.59. The minimum atomic E-state index is -1.14. The molecule has 0 saturated carbocycles. The van der Waals surface area contributed by atoms with E-state index < -0.39 is 30.3 Å². The van der Waals surface area contributed by atoms with Gasteiger partial charge in [-0.1, -0.05) is 19.9 Å². The third-order valence-electron chi connectivity index (χ3n) is 2.32. The maximum atomic E-state index is 13.2. The number of hydrogen-bond donors (Lipinski definition) is 1. The van der Waals surface area contributed by atoms with Crippen LogP contribution in [0, 0.1) is 17.6 Å². The zero-order valence-electron chi connectivity index (χ0n) is 9.61. The summed E-state index contributed by atoms with van der Waals surface area (Å²) in [6.45, 7) is 2.93. The monoisotopic (exact) mass is 244 g/mol. The first-order valence-electron chi connectivity index (χ1n) is 5.20. The fourth-order valence-corrected chi connectivity index (χ4v) is 1.39. The number of carbonyl (C=O) groups is 1. The van der Waals surface area contributed by atoms with Crippen LogP contribution in [0.4, 0.5) is 8.78 Å². The van der Waals surface area contributed by atoms with Crippen LogP contribution >= 0.6 is 0 Å². The highest BCUT2D eigenvalue weighted by atomic mass is 19.1. The van der Waals surface area contributed by atoms with Gasteiger partial charge in [-0.05, 0) is 18.1 Å². The Labute approximate surface area is 98.0 Å². The third-order valence-corrected chi connectivity index (χ3v) is 2.32. The minimum Gasteiger partial charge on any atom is -0.479 e. The van der Waals surface area contributed by atoms with Crippen LogP contribution in [0.15, 0.2) is 18.2 Å². The molecule has 0 spiro atoms. The number of aliphatic carboxylic acids is 1. The topological polar surface area (TPSA) is 46.5 Å². The van der Waals surface area contributed by atoms with Crippen LogP contribution in [-0.2, 0) is 16.1 Å². The lowest BCUT2D eigenvalue weighted by atomic mass is 10.1. The summed E-state index contributed by atoms with van der Waals surface area (Å²) in [5.74, 6) is -2.89. The van der Waals surface area contributed by atoms with Crippen molar-refractivity contribution in [1.29, 1.82) is 0 Å². The first-order chi connectivity index (χ1) is 7.93. The zero-order valence-corrected chi connectivity index (χ0v) is 9.61. The Bertz CT molecular complexity index is 384. The largest absolute Gasteiger partial charge is 0.479 e. The van der Waals surface area contributed by atoms with E-state index in [1.165, 1.54) is 6.07 Å². The molecule has 1 N–H and O–H groups in total. The molecule has 1 atom stereocenters. The molecule has 0 heterocycles. The van der Waals surface area contributed by atoms with Gasteiger partial charge in [0.25, 0.3) is 0 Å². The highest BCUT2D eigenvalue weighted by Gasteiger charge is 2.23. The van der Waals surface area contributed by atoms with E-state index in [4.69, 9.17) is 9.84 Å². The number of halogens is 2. The molecule has 0 amide bonds. The number of carboxylic acids is 1. The molecule has 17 heavy (non-hydrogen) atoms. The van der Waals surface area contributed by atoms with Crippen molar-refractivity contribution in [3.63, 3.8) is 0 Å². The van der Waals surface area contributed by atoms with Crippen molar-refractivity contribution in [2.24, 2.45) is 5.92 Å². The first-order valence-corrected chi connectivity index (χ1v) is 5.20. The SMILES string of the molecule is CC(C)C(OCc1c(F)cccc1F)C(=O)O. The molecule has 0 aliphatic carbocycles. The van der Waals surface area contributed by atoms with Gasteiger partial charge in [-0.2, -0.15) is 0 Å². The third kappa shape index (κ3) is 3.49. The van der Waals surface area contributed by atoms with E-state index in [1.807, 2.05) is 0 Å². The van der Waals surface area contributed by atoms with E-state index in [0.29, 0.717) is 0 Å². The Morgan fingerprint density at radius 3 is 2.29 bits per heavy atom. The average molecular weight is 244 g/mol. The van der Waals surface area contributed by atoms with Crippen LogP contribution in [0.2, 0.25) is 0 Å². The van der Waals surface area contributed by atoms with Crippen molar-refractivity contribution in [3.8, 4) is 0 Å². The Balaban J connectivity index is 2.75. The zero-order chi connectivity index (χ0) is 13.0. The second-order valence-electron chi connectivity index (χ2n) is 4.01. The first kappa shape index (κ1) is 13.6. The van der Waals surface area contributed by atoms with Crippen LogP contribution in [-0.4, -0.2) is 17.2 Å². The molecule has 0 aliphatic rings. The molecule has 3 nitrogen and oxygen atoms in total. The van der Waals surface area contributed by atoms with E-state index in [-0.39, 0.29) is 11.5 Å². The molecule has 5 heteroatoms. The van der Waals surface area contributed by atoms with E-state index in [2.05, 4.69) is 0 Å². The van der Waals surface area contributed by atoms with Crippen molar-refractivity contribution in [1.82, 2.24) is 0 Å². The molecule has 0 saturated heterocycles. The van der Waals surface area contributed by atoms with Gasteiger partial charge < -0.3 is 9.84 Å². The molecule has 0 fully saturated rings. The maximum Gasteiger partial charge on any atom is 0.333 e. The molecule has 0 aliphatic heterocycles. The molecule has 0 radical (unpaired) electrons. The van der Waals surface area contributed by atoms with Crippen molar-refractivity contribution < 1.29 is 23.4 Å². The van der Waals surface area contributed by atoms with Gasteiger partial charge in [0.1, 0.15) is 11.6 Å². The lowest BCUT2D eigenvalue weighted by Gasteiger charge is -2.17. The summed E-state index contributed by atoms with van der Waals surface area (Å²) in [5.41, 5.74) is -0.251. The molecule has 0 aromatic heterocycles. The van der Waals surface area contributed by atoms with E-state index in [9.17, 15) is 13.6 Å². The lowest BCUT2D eigenvalue weighted by Crippen LogP contribution is -2.29. The second kappa shape index (κ2) is 5.72. The summed E-state index contributed by atoms with van der Waals surface area (Å²) in [7, 11) is 0. The quantitative estimate of drug-likeness (QED) is 0.866. The summed E-state index contributed by atoms with van der Waals surface area (Å²) in [6, 6.07) is 3.45. The number of benzene rings is 1. The Morgan fingerprint density at radius 1 is 1.35 bits per heavy atom. The van der Waals surface area contributed by atoms with E-state index in [0.717, 1.165) is 12.1 Å². The van der Waals surface area contributed by atoms with Gasteiger partial charge in [-0.25, -0.2) is 13.6 Å². The van der Waals surface area contributed by atoms with Crippen molar-refractivity contribution >= 4 is 5.97 Å². The van der Waals surface area contributed by atoms with Crippen LogP contribution in [0.3, 0.4) is 0 Å². The van der Waals surface area contributed by atoms with Gasteiger partial charge in [0, 0.05) is 5.56 Å². The molecule has 1 rings (SSSR count). The van der Waals surface area contributed by atoms with Crippen molar-refractivity contribution in [2.75, 3.05) is 0 Å². The van der Waals surface area contributed by atoms with Crippen LogP contribution in [0.1, 0.15) is 19.4 Å². The normalized spacial score (nSPS) is 12.8. The van der Waals surface area contributed by atoms with Crippen LogP contribution in [0.5, 0.6) is 0 Å². The standard InChI is InChI=1S/C12H14F2O3/c1-7(2)11(12(15)16)17-6-8-9(13)4-3-5-10(8)14/h3-5,7,11H,6H2,1-2H3,(H,15,16). The molecule has 1 aromatic rings. The Kier molecular flexibility index (Phi) is 4.57. The van der Waals surface area contributed by atoms with Crippen LogP contribution in [0.25, 0.3) is 0 Å². The Morgan fingerprint density at radius 2 is 1.88 bits per heavy atom. The summed E-state index contributed by atoms with van der Waals surface area (Å²) in [4.78, 5) is 10.8. The molecule has 0 bridgehead atoms. The van der Waals surface area contributed by atoms with Crippen LogP contribution < -0.4 is 0 Å². The van der Waals surface area contributed by atoms with Crippen molar-refractivity contribution in [2.45, 2.75) is 26.6 Å². The fraction of sp³-hybridized carbons (Fsp3) is 0.417. The molecule has 1 unspecified atom stereocenters. The van der Waals surface area contributed by atoms with E-state index in [1.54, 1.807) is 13.8 Å². The minimum absolute atomic E-state index is 0.251. The summed E-state index contributed by atoms with van der Waals surface area (Å²) < 4.78 is 31.5. The molecular weight excluding hydrogens is 230 g/mol. The predicted molar refractivity (Wildman–Crippen MR) is 57.4 cm³/mol. The highest BCUT2D eigenvalue weighted by molar-refractivity contribution is 5.72. The van der Waals surface area contributed by atoms with Gasteiger partial charge >= 0.3 is 5.97 Å². The summed E-state index contributed by atoms with van der Waals surface area (Å²) >= 11 is 0. The molecular formula is C12H14F2O3. The van der Waals surface area contributed by atoms with Crippen molar-refractivity contribution in [3.05, 3.63) is 35.4 Å². The molecule has 94 valence electrons. The summed E-state index contributed by atoms with van der Waals surface area (Å²) in [5, 5.41) is 8.85. The van der Waals surface area contributed by atoms with Gasteiger partial charge in [0.15, 0.2) is 6.10 Å². The van der Waals surface area contributed by atoms with Gasteiger partial charge in [0.2, 0.25) is 0 Å². The average Bonchev–Trinajstić information content (AvgIpc) is 2.21. The number of carboxylic acid groups (broad SMARTS) is 1. The fourth-order valence-electron chi connectivity index (χ4n) is 1.39. The Hall–Kier alpha value is -1.49. The lowest BCUT2D eigenvalue weighted by molar-refractivity contribution is -0.154. The van der Waals surface area contributed by atoms with Gasteiger partial charge in [-0.15, -0.1) is 0 Å². The van der Waals surface area contributed by atoms with Gasteiger partial charge in [0.05, 0.1) is 6.61 Å². The number of hydrogen-bond acceptors (Lipinski definition) is 2. The van der Waals surface area contributed by atoms with Gasteiger partial charge in [-0.3, -0.25) is 0 Å². The highest BCUT2D eigenvalue weighted by Crippen LogP contribution is 2.16. The second-order valence-corrected chi connectivity index (χ2v) is 4.01. The number of ether oxygens (including phenoxy) is 1.